The van der Waals surface area contributed by atoms with E-state index >= 15 is 0 Å². The Labute approximate surface area is 168 Å². The molecule has 1 saturated heterocycles. The standard InChI is InChI=1S/C20H23N5O4/c1-14-17(19(27)23-8-10-29-11-9-23)18(15-6-4-3-5-7-15)25-20(21-13-22-25)24(14)12-16(26)28-2/h3-7,13,18H,8-12H2,1-2H3/t18-/m0/s1. The Bertz CT molecular complexity index is 933. The van der Waals surface area contributed by atoms with Crippen LogP contribution in [0.2, 0.25) is 0 Å². The van der Waals surface area contributed by atoms with Gasteiger partial charge in [-0.15, -0.1) is 0 Å². The molecule has 0 bridgehead atoms. The topological polar surface area (TPSA) is 89.8 Å². The number of rotatable bonds is 4. The highest BCUT2D eigenvalue weighted by Crippen LogP contribution is 2.38. The van der Waals surface area contributed by atoms with Gasteiger partial charge in [-0.05, 0) is 12.5 Å². The van der Waals surface area contributed by atoms with Gasteiger partial charge in [0, 0.05) is 18.8 Å². The molecule has 0 unspecified atom stereocenters. The Balaban J connectivity index is 1.84. The molecule has 29 heavy (non-hydrogen) atoms. The summed E-state index contributed by atoms with van der Waals surface area (Å²) in [5.74, 6) is -0.00816. The van der Waals surface area contributed by atoms with Crippen LogP contribution in [0.25, 0.3) is 0 Å². The van der Waals surface area contributed by atoms with Gasteiger partial charge in [-0.2, -0.15) is 10.1 Å². The minimum Gasteiger partial charge on any atom is -0.468 e. The van der Waals surface area contributed by atoms with Crippen molar-refractivity contribution in [2.24, 2.45) is 0 Å². The van der Waals surface area contributed by atoms with E-state index in [2.05, 4.69) is 10.1 Å². The van der Waals surface area contributed by atoms with Gasteiger partial charge in [-0.1, -0.05) is 30.3 Å². The third kappa shape index (κ3) is 3.49. The highest BCUT2D eigenvalue weighted by atomic mass is 16.5. The third-order valence-electron chi connectivity index (χ3n) is 5.27. The quantitative estimate of drug-likeness (QED) is 0.711. The SMILES string of the molecule is COC(=O)CN1C(C)=C(C(=O)N2CCOCC2)[C@H](c2ccccc2)n2ncnc21. The zero-order chi connectivity index (χ0) is 20.4. The number of esters is 1. The van der Waals surface area contributed by atoms with Gasteiger partial charge < -0.3 is 19.3 Å². The molecule has 0 spiro atoms. The van der Waals surface area contributed by atoms with E-state index in [-0.39, 0.29) is 12.5 Å². The van der Waals surface area contributed by atoms with Crippen LogP contribution in [0.15, 0.2) is 47.9 Å². The number of carbonyl (C=O) groups excluding carboxylic acids is 2. The van der Waals surface area contributed by atoms with Crippen LogP contribution in [0.1, 0.15) is 18.5 Å². The van der Waals surface area contributed by atoms with Crippen molar-refractivity contribution in [3.05, 3.63) is 53.5 Å². The summed E-state index contributed by atoms with van der Waals surface area (Å²) in [5, 5.41) is 4.39. The molecule has 2 aliphatic rings. The van der Waals surface area contributed by atoms with Crippen LogP contribution in [0.3, 0.4) is 0 Å². The first-order chi connectivity index (χ1) is 14.1. The number of amides is 1. The number of ether oxygens (including phenoxy) is 2. The monoisotopic (exact) mass is 397 g/mol. The lowest BCUT2D eigenvalue weighted by Gasteiger charge is -2.37. The highest BCUT2D eigenvalue weighted by Gasteiger charge is 2.39. The number of benzene rings is 1. The molecule has 1 aromatic heterocycles. The molecule has 3 heterocycles. The number of anilines is 1. The summed E-state index contributed by atoms with van der Waals surface area (Å²) in [5.41, 5.74) is 2.16. The van der Waals surface area contributed by atoms with Crippen LogP contribution < -0.4 is 4.90 Å². The van der Waals surface area contributed by atoms with Crippen molar-refractivity contribution in [2.45, 2.75) is 13.0 Å². The van der Waals surface area contributed by atoms with Gasteiger partial charge in [0.25, 0.3) is 5.91 Å². The van der Waals surface area contributed by atoms with Crippen molar-refractivity contribution < 1.29 is 19.1 Å². The van der Waals surface area contributed by atoms with E-state index < -0.39 is 12.0 Å². The van der Waals surface area contributed by atoms with Crippen molar-refractivity contribution in [1.82, 2.24) is 19.7 Å². The van der Waals surface area contributed by atoms with Crippen LogP contribution in [-0.4, -0.2) is 71.5 Å². The summed E-state index contributed by atoms with van der Waals surface area (Å²) < 4.78 is 11.9. The number of methoxy groups -OCH3 is 1. The summed E-state index contributed by atoms with van der Waals surface area (Å²) in [6, 6.07) is 9.28. The summed E-state index contributed by atoms with van der Waals surface area (Å²) in [7, 11) is 1.34. The Hall–Kier alpha value is -3.20. The van der Waals surface area contributed by atoms with E-state index in [0.717, 1.165) is 5.56 Å². The Kier molecular flexibility index (Phi) is 5.30. The van der Waals surface area contributed by atoms with Crippen LogP contribution in [0, 0.1) is 0 Å². The van der Waals surface area contributed by atoms with Gasteiger partial charge in [0.2, 0.25) is 5.95 Å². The molecule has 1 aromatic carbocycles. The summed E-state index contributed by atoms with van der Waals surface area (Å²) in [6.07, 6.45) is 1.44. The molecule has 9 heteroatoms. The van der Waals surface area contributed by atoms with E-state index in [1.165, 1.54) is 13.4 Å². The van der Waals surface area contributed by atoms with E-state index in [9.17, 15) is 9.59 Å². The second kappa shape index (κ2) is 8.04. The van der Waals surface area contributed by atoms with Crippen LogP contribution in [-0.2, 0) is 19.1 Å². The molecule has 2 aromatic rings. The van der Waals surface area contributed by atoms with Crippen molar-refractivity contribution in [1.29, 1.82) is 0 Å². The van der Waals surface area contributed by atoms with Gasteiger partial charge >= 0.3 is 5.97 Å². The number of hydrogen-bond acceptors (Lipinski definition) is 7. The fraction of sp³-hybridized carbons (Fsp3) is 0.400. The maximum atomic E-state index is 13.6. The largest absolute Gasteiger partial charge is 0.468 e. The van der Waals surface area contributed by atoms with Gasteiger partial charge in [0.05, 0.1) is 25.9 Å². The zero-order valence-electron chi connectivity index (χ0n) is 16.4. The van der Waals surface area contributed by atoms with E-state index in [1.807, 2.05) is 37.3 Å². The molecule has 9 nitrogen and oxygen atoms in total. The van der Waals surface area contributed by atoms with E-state index in [0.29, 0.717) is 43.5 Å². The van der Waals surface area contributed by atoms with Gasteiger partial charge in [-0.3, -0.25) is 9.59 Å². The molecule has 0 N–H and O–H groups in total. The molecule has 2 aliphatic heterocycles. The fourth-order valence-electron chi connectivity index (χ4n) is 3.77. The molecule has 152 valence electrons. The van der Waals surface area contributed by atoms with Crippen molar-refractivity contribution in [3.8, 4) is 0 Å². The Morgan fingerprint density at radius 3 is 2.62 bits per heavy atom. The first-order valence-electron chi connectivity index (χ1n) is 9.48. The first kappa shape index (κ1) is 19.1. The molecular weight excluding hydrogens is 374 g/mol. The number of hydrogen-bond donors (Lipinski definition) is 0. The fourth-order valence-corrected chi connectivity index (χ4v) is 3.77. The van der Waals surface area contributed by atoms with E-state index in [4.69, 9.17) is 9.47 Å². The molecule has 0 aliphatic carbocycles. The van der Waals surface area contributed by atoms with Crippen molar-refractivity contribution in [3.63, 3.8) is 0 Å². The first-order valence-corrected chi connectivity index (χ1v) is 9.48. The normalized spacial score (nSPS) is 19.2. The van der Waals surface area contributed by atoms with Gasteiger partial charge in [0.1, 0.15) is 18.9 Å². The predicted molar refractivity (Wildman–Crippen MR) is 104 cm³/mol. The number of nitrogens with zero attached hydrogens (tertiary/aromatic N) is 5. The molecule has 1 atom stereocenters. The number of aromatic nitrogens is 3. The minimum atomic E-state index is -0.432. The van der Waals surface area contributed by atoms with E-state index in [1.54, 1.807) is 14.5 Å². The number of allylic oxidation sites excluding steroid dienone is 1. The summed E-state index contributed by atoms with van der Waals surface area (Å²) in [4.78, 5) is 33.4. The molecular formula is C20H23N5O4. The zero-order valence-corrected chi connectivity index (χ0v) is 16.4. The molecule has 4 rings (SSSR count). The smallest absolute Gasteiger partial charge is 0.325 e. The van der Waals surface area contributed by atoms with Crippen LogP contribution >= 0.6 is 0 Å². The highest BCUT2D eigenvalue weighted by molar-refractivity contribution is 5.97. The lowest BCUT2D eigenvalue weighted by Crippen LogP contribution is -2.46. The lowest BCUT2D eigenvalue weighted by molar-refractivity contribution is -0.139. The van der Waals surface area contributed by atoms with Gasteiger partial charge in [0.15, 0.2) is 0 Å². The molecule has 1 fully saturated rings. The molecule has 0 radical (unpaired) electrons. The minimum absolute atomic E-state index is 0.0531. The lowest BCUT2D eigenvalue weighted by atomic mass is 9.94. The van der Waals surface area contributed by atoms with Crippen LogP contribution in [0.4, 0.5) is 5.95 Å². The maximum absolute atomic E-state index is 13.6. The second-order valence-corrected chi connectivity index (χ2v) is 6.88. The van der Waals surface area contributed by atoms with Crippen molar-refractivity contribution in [2.75, 3.05) is 44.9 Å². The summed E-state index contributed by atoms with van der Waals surface area (Å²) in [6.45, 7) is 3.85. The number of morpholine rings is 1. The van der Waals surface area contributed by atoms with Crippen LogP contribution in [0.5, 0.6) is 0 Å². The van der Waals surface area contributed by atoms with Crippen molar-refractivity contribution >= 4 is 17.8 Å². The average Bonchev–Trinajstić information content (AvgIpc) is 3.25. The second-order valence-electron chi connectivity index (χ2n) is 6.88. The number of carbonyl (C=O) groups is 2. The number of fused-ring (bicyclic) bond motifs is 1. The summed E-state index contributed by atoms with van der Waals surface area (Å²) >= 11 is 0. The Morgan fingerprint density at radius 2 is 1.93 bits per heavy atom. The molecule has 1 amide bonds. The average molecular weight is 397 g/mol. The van der Waals surface area contributed by atoms with Gasteiger partial charge in [-0.25, -0.2) is 4.68 Å². The Morgan fingerprint density at radius 1 is 1.21 bits per heavy atom. The third-order valence-corrected chi connectivity index (χ3v) is 5.27. The maximum Gasteiger partial charge on any atom is 0.325 e. The molecule has 0 saturated carbocycles. The predicted octanol–water partition coefficient (Wildman–Crippen LogP) is 0.993.